The molecule has 0 saturated carbocycles. The summed E-state index contributed by atoms with van der Waals surface area (Å²) < 4.78 is 4.99. The van der Waals surface area contributed by atoms with E-state index in [4.69, 9.17) is 4.74 Å². The average Bonchev–Trinajstić information content (AvgIpc) is 2.21. The van der Waals surface area contributed by atoms with E-state index in [0.29, 0.717) is 12.5 Å². The topological polar surface area (TPSA) is 38.3 Å². The van der Waals surface area contributed by atoms with Crippen LogP contribution in [0.25, 0.3) is 0 Å². The summed E-state index contributed by atoms with van der Waals surface area (Å²) in [6, 6.07) is 0. The van der Waals surface area contributed by atoms with E-state index in [0.717, 1.165) is 18.9 Å². The second-order valence-corrected chi connectivity index (χ2v) is 4.57. The molecule has 3 heteroatoms. The zero-order valence-electron chi connectivity index (χ0n) is 10.5. The molecule has 0 aliphatic heterocycles. The maximum atomic E-state index is 11.1. The summed E-state index contributed by atoms with van der Waals surface area (Å²) in [4.78, 5) is 11.1. The van der Waals surface area contributed by atoms with Crippen LogP contribution in [-0.2, 0) is 4.74 Å². The fourth-order valence-corrected chi connectivity index (χ4v) is 1.14. The van der Waals surface area contributed by atoms with Crippen LogP contribution in [0.5, 0.6) is 0 Å². The number of nitrogens with one attached hydrogen (secondary N) is 1. The Labute approximate surface area is 93.6 Å². The normalized spacial score (nSPS) is 12.6. The summed E-state index contributed by atoms with van der Waals surface area (Å²) in [7, 11) is 0. The highest BCUT2D eigenvalue weighted by atomic mass is 16.5. The van der Waals surface area contributed by atoms with Crippen molar-refractivity contribution >= 4 is 6.09 Å². The number of amides is 1. The maximum absolute atomic E-state index is 11.1. The van der Waals surface area contributed by atoms with Crippen LogP contribution in [0.15, 0.2) is 0 Å². The quantitative estimate of drug-likeness (QED) is 0.662. The summed E-state index contributed by atoms with van der Waals surface area (Å²) in [6.07, 6.45) is 3.12. The van der Waals surface area contributed by atoms with E-state index >= 15 is 0 Å². The van der Waals surface area contributed by atoms with Crippen molar-refractivity contribution in [2.75, 3.05) is 13.2 Å². The zero-order valence-corrected chi connectivity index (χ0v) is 10.5. The van der Waals surface area contributed by atoms with Gasteiger partial charge in [-0.3, -0.25) is 0 Å². The first-order chi connectivity index (χ1) is 7.06. The van der Waals surface area contributed by atoms with Gasteiger partial charge in [-0.05, 0) is 24.7 Å². The van der Waals surface area contributed by atoms with Gasteiger partial charge in [0.25, 0.3) is 0 Å². The van der Waals surface area contributed by atoms with Gasteiger partial charge < -0.3 is 10.1 Å². The summed E-state index contributed by atoms with van der Waals surface area (Å²) in [5.41, 5.74) is 0. The van der Waals surface area contributed by atoms with E-state index in [9.17, 15) is 4.79 Å². The first-order valence-electron chi connectivity index (χ1n) is 5.96. The van der Waals surface area contributed by atoms with Crippen molar-refractivity contribution in [3.8, 4) is 0 Å². The predicted octanol–water partition coefficient (Wildman–Crippen LogP) is 3.19. The van der Waals surface area contributed by atoms with Gasteiger partial charge in [-0.25, -0.2) is 4.79 Å². The first kappa shape index (κ1) is 14.3. The van der Waals surface area contributed by atoms with Crippen molar-refractivity contribution in [3.63, 3.8) is 0 Å². The molecule has 1 unspecified atom stereocenters. The Balaban J connectivity index is 3.31. The second kappa shape index (κ2) is 8.57. The maximum Gasteiger partial charge on any atom is 0.407 e. The Morgan fingerprint density at radius 2 is 2.00 bits per heavy atom. The molecule has 0 aromatic rings. The molecule has 0 saturated heterocycles. The molecule has 3 nitrogen and oxygen atoms in total. The highest BCUT2D eigenvalue weighted by Crippen LogP contribution is 2.08. The van der Waals surface area contributed by atoms with Gasteiger partial charge >= 0.3 is 6.09 Å². The van der Waals surface area contributed by atoms with E-state index in [2.05, 4.69) is 19.2 Å². The lowest BCUT2D eigenvalue weighted by Crippen LogP contribution is -2.26. The minimum absolute atomic E-state index is 0.284. The molecule has 0 aromatic carbocycles. The minimum atomic E-state index is -0.284. The van der Waals surface area contributed by atoms with E-state index in [1.54, 1.807) is 0 Å². The third kappa shape index (κ3) is 9.57. The van der Waals surface area contributed by atoms with Gasteiger partial charge in [0.15, 0.2) is 0 Å². The molecule has 0 heterocycles. The van der Waals surface area contributed by atoms with Gasteiger partial charge in [-0.2, -0.15) is 0 Å². The van der Waals surface area contributed by atoms with Crippen LogP contribution >= 0.6 is 0 Å². The standard InChI is InChI=1S/C12H25NO2/c1-5-11(4)7-6-8-13-12(14)15-9-10(2)3/h10-11H,5-9H2,1-4H3,(H,13,14). The molecule has 0 radical (unpaired) electrons. The highest BCUT2D eigenvalue weighted by Gasteiger charge is 2.03. The van der Waals surface area contributed by atoms with Crippen LogP contribution < -0.4 is 5.32 Å². The Morgan fingerprint density at radius 1 is 1.33 bits per heavy atom. The lowest BCUT2D eigenvalue weighted by molar-refractivity contribution is 0.133. The summed E-state index contributed by atoms with van der Waals surface area (Å²) >= 11 is 0. The molecule has 90 valence electrons. The molecule has 0 fully saturated rings. The Hall–Kier alpha value is -0.730. The lowest BCUT2D eigenvalue weighted by Gasteiger charge is -2.10. The van der Waals surface area contributed by atoms with Crippen LogP contribution in [0.4, 0.5) is 4.79 Å². The number of hydrogen-bond donors (Lipinski definition) is 1. The molecule has 1 amide bonds. The third-order valence-corrected chi connectivity index (χ3v) is 2.39. The first-order valence-corrected chi connectivity index (χ1v) is 5.96. The van der Waals surface area contributed by atoms with E-state index in [1.807, 2.05) is 13.8 Å². The number of carbonyl (C=O) groups excluding carboxylic acids is 1. The second-order valence-electron chi connectivity index (χ2n) is 4.57. The van der Waals surface area contributed by atoms with Crippen molar-refractivity contribution in [2.45, 2.75) is 47.0 Å². The number of ether oxygens (including phenoxy) is 1. The van der Waals surface area contributed by atoms with Crippen LogP contribution in [-0.4, -0.2) is 19.2 Å². The van der Waals surface area contributed by atoms with Crippen LogP contribution in [0.1, 0.15) is 47.0 Å². The Morgan fingerprint density at radius 3 is 2.53 bits per heavy atom. The van der Waals surface area contributed by atoms with Crippen LogP contribution in [0.3, 0.4) is 0 Å². The van der Waals surface area contributed by atoms with Gasteiger partial charge in [0, 0.05) is 6.54 Å². The fourth-order valence-electron chi connectivity index (χ4n) is 1.14. The van der Waals surface area contributed by atoms with Crippen molar-refractivity contribution in [3.05, 3.63) is 0 Å². The van der Waals surface area contributed by atoms with Gasteiger partial charge in [0.1, 0.15) is 0 Å². The average molecular weight is 215 g/mol. The van der Waals surface area contributed by atoms with Crippen LogP contribution in [0.2, 0.25) is 0 Å². The SMILES string of the molecule is CCC(C)CCCNC(=O)OCC(C)C. The van der Waals surface area contributed by atoms with Gasteiger partial charge in [-0.15, -0.1) is 0 Å². The lowest BCUT2D eigenvalue weighted by atomic mass is 10.0. The highest BCUT2D eigenvalue weighted by molar-refractivity contribution is 5.66. The smallest absolute Gasteiger partial charge is 0.407 e. The molecular weight excluding hydrogens is 190 g/mol. The number of hydrogen-bond acceptors (Lipinski definition) is 2. The molecule has 1 atom stereocenters. The van der Waals surface area contributed by atoms with Crippen molar-refractivity contribution in [2.24, 2.45) is 11.8 Å². The van der Waals surface area contributed by atoms with E-state index in [-0.39, 0.29) is 6.09 Å². The molecule has 0 aliphatic carbocycles. The molecular formula is C12H25NO2. The van der Waals surface area contributed by atoms with Crippen LogP contribution in [0, 0.1) is 11.8 Å². The molecule has 0 spiro atoms. The van der Waals surface area contributed by atoms with E-state index in [1.165, 1.54) is 12.8 Å². The van der Waals surface area contributed by atoms with Gasteiger partial charge in [-0.1, -0.05) is 34.1 Å². The fraction of sp³-hybridized carbons (Fsp3) is 0.917. The molecule has 0 aromatic heterocycles. The molecule has 0 aliphatic rings. The molecule has 0 bridgehead atoms. The molecule has 15 heavy (non-hydrogen) atoms. The van der Waals surface area contributed by atoms with Crippen molar-refractivity contribution in [1.82, 2.24) is 5.32 Å². The van der Waals surface area contributed by atoms with Crippen molar-refractivity contribution in [1.29, 1.82) is 0 Å². The molecule has 1 N–H and O–H groups in total. The zero-order chi connectivity index (χ0) is 11.7. The summed E-state index contributed by atoms with van der Waals surface area (Å²) in [5, 5.41) is 2.76. The van der Waals surface area contributed by atoms with Gasteiger partial charge in [0.05, 0.1) is 6.61 Å². The summed E-state index contributed by atoms with van der Waals surface area (Å²) in [6.45, 7) is 9.69. The number of alkyl carbamates (subject to hydrolysis) is 1. The molecule has 0 rings (SSSR count). The monoisotopic (exact) mass is 215 g/mol. The minimum Gasteiger partial charge on any atom is -0.449 e. The van der Waals surface area contributed by atoms with E-state index < -0.39 is 0 Å². The summed E-state index contributed by atoms with van der Waals surface area (Å²) in [5.74, 6) is 1.15. The van der Waals surface area contributed by atoms with Crippen molar-refractivity contribution < 1.29 is 9.53 Å². The largest absolute Gasteiger partial charge is 0.449 e. The number of carbonyl (C=O) groups is 1. The predicted molar refractivity (Wildman–Crippen MR) is 62.9 cm³/mol. The Kier molecular flexibility index (Phi) is 8.15. The Bertz CT molecular complexity index is 169. The number of rotatable bonds is 7. The van der Waals surface area contributed by atoms with Gasteiger partial charge in [0.2, 0.25) is 0 Å². The third-order valence-electron chi connectivity index (χ3n) is 2.39.